The topological polar surface area (TPSA) is 74.2 Å². The lowest BCUT2D eigenvalue weighted by atomic mass is 9.87. The largest absolute Gasteiger partial charge is 0.370 e. The summed E-state index contributed by atoms with van der Waals surface area (Å²) in [6, 6.07) is -0.281. The first-order valence-electron chi connectivity index (χ1n) is 6.78. The van der Waals surface area contributed by atoms with Gasteiger partial charge in [-0.2, -0.15) is 4.98 Å². The maximum atomic E-state index is 6.13. The van der Waals surface area contributed by atoms with Crippen LogP contribution < -0.4 is 5.73 Å². The van der Waals surface area contributed by atoms with Crippen LogP contribution in [0.3, 0.4) is 0 Å². The van der Waals surface area contributed by atoms with Gasteiger partial charge in [0.15, 0.2) is 0 Å². The van der Waals surface area contributed by atoms with Crippen LogP contribution in [-0.2, 0) is 4.74 Å². The molecule has 1 aromatic rings. The molecule has 0 amide bonds. The molecule has 1 aromatic heterocycles. The van der Waals surface area contributed by atoms with Crippen LogP contribution in [0.5, 0.6) is 0 Å². The molecule has 0 spiro atoms. The Bertz CT molecular complexity index is 402. The van der Waals surface area contributed by atoms with Crippen LogP contribution in [0.25, 0.3) is 0 Å². The maximum absolute atomic E-state index is 6.13. The Hall–Kier alpha value is -0.940. The highest BCUT2D eigenvalue weighted by molar-refractivity contribution is 5.01. The SMILES string of the molecule is CCOC(c1noc([C@H](N)C(C)(C)C)n1)C(C)(C)C. The van der Waals surface area contributed by atoms with Gasteiger partial charge >= 0.3 is 0 Å². The predicted molar refractivity (Wildman–Crippen MR) is 74.5 cm³/mol. The molecular weight excluding hydrogens is 242 g/mol. The van der Waals surface area contributed by atoms with Crippen molar-refractivity contribution in [3.8, 4) is 0 Å². The average molecular weight is 269 g/mol. The Morgan fingerprint density at radius 1 is 1.16 bits per heavy atom. The van der Waals surface area contributed by atoms with Gasteiger partial charge < -0.3 is 15.0 Å². The molecule has 2 atom stereocenters. The third kappa shape index (κ3) is 4.01. The second-order valence-electron chi connectivity index (χ2n) is 7.04. The Morgan fingerprint density at radius 3 is 2.16 bits per heavy atom. The van der Waals surface area contributed by atoms with Crippen LogP contribution in [0.15, 0.2) is 4.52 Å². The third-order valence-electron chi connectivity index (χ3n) is 3.01. The number of hydrogen-bond acceptors (Lipinski definition) is 5. The molecule has 2 N–H and O–H groups in total. The van der Waals surface area contributed by atoms with E-state index in [0.717, 1.165) is 0 Å². The van der Waals surface area contributed by atoms with Crippen molar-refractivity contribution in [1.29, 1.82) is 0 Å². The van der Waals surface area contributed by atoms with Gasteiger partial charge in [0.1, 0.15) is 6.10 Å². The van der Waals surface area contributed by atoms with Gasteiger partial charge in [0.25, 0.3) is 0 Å². The minimum atomic E-state index is -0.281. The van der Waals surface area contributed by atoms with Crippen molar-refractivity contribution in [2.45, 2.75) is 60.6 Å². The van der Waals surface area contributed by atoms with Crippen LogP contribution in [-0.4, -0.2) is 16.7 Å². The molecule has 0 saturated carbocycles. The molecule has 0 bridgehead atoms. The second kappa shape index (κ2) is 5.59. The Morgan fingerprint density at radius 2 is 1.74 bits per heavy atom. The monoisotopic (exact) mass is 269 g/mol. The molecule has 0 aromatic carbocycles. The first-order valence-corrected chi connectivity index (χ1v) is 6.78. The van der Waals surface area contributed by atoms with Crippen LogP contribution >= 0.6 is 0 Å². The van der Waals surface area contributed by atoms with Crippen LogP contribution in [0.4, 0.5) is 0 Å². The zero-order chi connectivity index (χ0) is 14.8. The van der Waals surface area contributed by atoms with Crippen LogP contribution in [0.1, 0.15) is 72.3 Å². The van der Waals surface area contributed by atoms with E-state index in [1.54, 1.807) is 0 Å². The molecule has 1 unspecified atom stereocenters. The average Bonchev–Trinajstić information content (AvgIpc) is 2.70. The van der Waals surface area contributed by atoms with Gasteiger partial charge in [-0.15, -0.1) is 0 Å². The number of nitrogens with zero attached hydrogens (tertiary/aromatic N) is 2. The second-order valence-corrected chi connectivity index (χ2v) is 7.04. The summed E-state index contributed by atoms with van der Waals surface area (Å²) >= 11 is 0. The van der Waals surface area contributed by atoms with E-state index >= 15 is 0 Å². The predicted octanol–water partition coefficient (Wildman–Crippen LogP) is 3.24. The fourth-order valence-corrected chi connectivity index (χ4v) is 1.73. The summed E-state index contributed by atoms with van der Waals surface area (Å²) in [7, 11) is 0. The van der Waals surface area contributed by atoms with Crippen molar-refractivity contribution >= 4 is 0 Å². The molecule has 0 aliphatic heterocycles. The minimum Gasteiger partial charge on any atom is -0.370 e. The van der Waals surface area contributed by atoms with E-state index in [0.29, 0.717) is 18.3 Å². The first kappa shape index (κ1) is 16.1. The normalized spacial score (nSPS) is 16.4. The Kier molecular flexibility index (Phi) is 4.74. The summed E-state index contributed by atoms with van der Waals surface area (Å²) in [4.78, 5) is 4.43. The lowest BCUT2D eigenvalue weighted by Crippen LogP contribution is -2.27. The Labute approximate surface area is 115 Å². The number of nitrogens with two attached hydrogens (primary N) is 1. The van der Waals surface area contributed by atoms with E-state index in [1.807, 2.05) is 27.7 Å². The van der Waals surface area contributed by atoms with Crippen LogP contribution in [0.2, 0.25) is 0 Å². The maximum Gasteiger partial charge on any atom is 0.244 e. The molecule has 0 fully saturated rings. The molecule has 110 valence electrons. The molecule has 19 heavy (non-hydrogen) atoms. The minimum absolute atomic E-state index is 0.0943. The van der Waals surface area contributed by atoms with Gasteiger partial charge in [0, 0.05) is 6.61 Å². The fraction of sp³-hybridized carbons (Fsp3) is 0.857. The zero-order valence-electron chi connectivity index (χ0n) is 13.2. The van der Waals surface area contributed by atoms with Crippen molar-refractivity contribution in [3.63, 3.8) is 0 Å². The summed E-state index contributed by atoms with van der Waals surface area (Å²) in [5, 5.41) is 4.05. The summed E-state index contributed by atoms with van der Waals surface area (Å²) < 4.78 is 11.1. The van der Waals surface area contributed by atoms with E-state index in [9.17, 15) is 0 Å². The van der Waals surface area contributed by atoms with E-state index < -0.39 is 0 Å². The smallest absolute Gasteiger partial charge is 0.244 e. The van der Waals surface area contributed by atoms with E-state index in [2.05, 4.69) is 30.9 Å². The number of aromatic nitrogens is 2. The van der Waals surface area contributed by atoms with Gasteiger partial charge in [-0.25, -0.2) is 0 Å². The van der Waals surface area contributed by atoms with E-state index in [1.165, 1.54) is 0 Å². The number of ether oxygens (including phenoxy) is 1. The summed E-state index contributed by atoms with van der Waals surface area (Å²) in [5.41, 5.74) is 5.92. The summed E-state index contributed by atoms with van der Waals surface area (Å²) in [5.74, 6) is 1.04. The quantitative estimate of drug-likeness (QED) is 0.908. The first-order chi connectivity index (χ1) is 8.57. The summed E-state index contributed by atoms with van der Waals surface area (Å²) in [6.07, 6.45) is -0.192. The molecular formula is C14H27N3O2. The van der Waals surface area contributed by atoms with Crippen molar-refractivity contribution in [2.75, 3.05) is 6.61 Å². The lowest BCUT2D eigenvalue weighted by Gasteiger charge is -2.27. The van der Waals surface area contributed by atoms with Crippen molar-refractivity contribution in [2.24, 2.45) is 16.6 Å². The highest BCUT2D eigenvalue weighted by Gasteiger charge is 2.33. The van der Waals surface area contributed by atoms with Gasteiger partial charge in [-0.05, 0) is 17.8 Å². The molecule has 5 heteroatoms. The van der Waals surface area contributed by atoms with Gasteiger partial charge in [0.05, 0.1) is 6.04 Å². The zero-order valence-corrected chi connectivity index (χ0v) is 13.2. The van der Waals surface area contributed by atoms with Crippen molar-refractivity contribution < 1.29 is 9.26 Å². The van der Waals surface area contributed by atoms with Gasteiger partial charge in [-0.3, -0.25) is 0 Å². The van der Waals surface area contributed by atoms with E-state index in [-0.39, 0.29) is 23.0 Å². The molecule has 1 rings (SSSR count). The summed E-state index contributed by atoms with van der Waals surface area (Å²) in [6.45, 7) is 15.0. The molecule has 0 aliphatic rings. The molecule has 5 nitrogen and oxygen atoms in total. The van der Waals surface area contributed by atoms with E-state index in [4.69, 9.17) is 15.0 Å². The highest BCUT2D eigenvalue weighted by Crippen LogP contribution is 2.36. The fourth-order valence-electron chi connectivity index (χ4n) is 1.73. The van der Waals surface area contributed by atoms with Crippen molar-refractivity contribution in [1.82, 2.24) is 10.1 Å². The molecule has 0 aliphatic carbocycles. The molecule has 0 saturated heterocycles. The highest BCUT2D eigenvalue weighted by atomic mass is 16.5. The lowest BCUT2D eigenvalue weighted by molar-refractivity contribution is -0.0203. The van der Waals surface area contributed by atoms with Crippen molar-refractivity contribution in [3.05, 3.63) is 11.7 Å². The number of rotatable bonds is 4. The number of hydrogen-bond donors (Lipinski definition) is 1. The third-order valence-corrected chi connectivity index (χ3v) is 3.01. The molecule has 0 radical (unpaired) electrons. The Balaban J connectivity index is 3.00. The van der Waals surface area contributed by atoms with Gasteiger partial charge in [-0.1, -0.05) is 46.7 Å². The molecule has 1 heterocycles. The standard InChI is InChI=1S/C14H27N3O2/c1-8-18-10(14(5,6)7)11-16-12(19-17-11)9(15)13(2,3)4/h9-10H,8,15H2,1-7H3/t9-,10?/m0/s1. The van der Waals surface area contributed by atoms with Crippen LogP contribution in [0, 0.1) is 10.8 Å². The van der Waals surface area contributed by atoms with Gasteiger partial charge in [0.2, 0.25) is 11.7 Å².